The minimum atomic E-state index is -0.126. The summed E-state index contributed by atoms with van der Waals surface area (Å²) in [7, 11) is 0. The van der Waals surface area contributed by atoms with E-state index in [0.29, 0.717) is 46.5 Å². The van der Waals surface area contributed by atoms with Crippen molar-refractivity contribution in [2.24, 2.45) is 56.7 Å². The normalized spacial score (nSPS) is 52.5. The van der Waals surface area contributed by atoms with Crippen molar-refractivity contribution in [3.05, 3.63) is 12.2 Å². The molecular weight excluding hydrogens is 432 g/mol. The third-order valence-corrected chi connectivity index (χ3v) is 13.8. The van der Waals surface area contributed by atoms with Crippen LogP contribution in [-0.4, -0.2) is 23.8 Å². The Hall–Kier alpha value is -0.830. The Labute approximate surface area is 214 Å². The monoisotopic (exact) mass is 484 g/mol. The van der Waals surface area contributed by atoms with E-state index in [0.717, 1.165) is 12.3 Å². The zero-order valence-corrected chi connectivity index (χ0v) is 23.7. The summed E-state index contributed by atoms with van der Waals surface area (Å²) in [5.74, 6) is 3.07. The van der Waals surface area contributed by atoms with Crippen LogP contribution < -0.4 is 0 Å². The number of allylic oxidation sites excluding steroid dienone is 1. The highest BCUT2D eigenvalue weighted by Gasteiger charge is 2.71. The second-order valence-corrected chi connectivity index (χ2v) is 15.2. The summed E-state index contributed by atoms with van der Waals surface area (Å²) in [5, 5.41) is 10.7. The molecule has 1 N–H and O–H groups in total. The molecule has 0 unspecified atom stereocenters. The molecule has 3 heteroatoms. The zero-order chi connectivity index (χ0) is 25.6. The topological polar surface area (TPSA) is 46.5 Å². The maximum absolute atomic E-state index is 11.9. The van der Waals surface area contributed by atoms with Crippen LogP contribution in [0.2, 0.25) is 0 Å². The van der Waals surface area contributed by atoms with Crippen LogP contribution in [0.5, 0.6) is 0 Å². The van der Waals surface area contributed by atoms with E-state index in [1.807, 2.05) is 0 Å². The Morgan fingerprint density at radius 1 is 0.857 bits per heavy atom. The number of rotatable bonds is 3. The van der Waals surface area contributed by atoms with Crippen LogP contribution in [-0.2, 0) is 9.53 Å². The van der Waals surface area contributed by atoms with Gasteiger partial charge in [0.15, 0.2) is 0 Å². The van der Waals surface area contributed by atoms with Crippen molar-refractivity contribution in [1.29, 1.82) is 0 Å². The molecule has 0 aromatic heterocycles. The van der Waals surface area contributed by atoms with Crippen LogP contribution in [0.4, 0.5) is 0 Å². The summed E-state index contributed by atoms with van der Waals surface area (Å²) in [4.78, 5) is 11.9. The van der Waals surface area contributed by atoms with Gasteiger partial charge in [0.1, 0.15) is 6.10 Å². The van der Waals surface area contributed by atoms with Gasteiger partial charge in [-0.25, -0.2) is 0 Å². The fourth-order valence-electron chi connectivity index (χ4n) is 11.9. The number of carbonyl (C=O) groups excluding carboxylic acids is 1. The molecule has 0 aromatic rings. The first kappa shape index (κ1) is 25.8. The van der Waals surface area contributed by atoms with Gasteiger partial charge < -0.3 is 9.84 Å². The Morgan fingerprint density at radius 3 is 2.20 bits per heavy atom. The Morgan fingerprint density at radius 2 is 1.57 bits per heavy atom. The van der Waals surface area contributed by atoms with Crippen molar-refractivity contribution in [2.75, 3.05) is 6.61 Å². The van der Waals surface area contributed by atoms with Gasteiger partial charge in [0.2, 0.25) is 0 Å². The van der Waals surface area contributed by atoms with Gasteiger partial charge in [0, 0.05) is 18.9 Å². The van der Waals surface area contributed by atoms with Crippen LogP contribution in [0.1, 0.15) is 113 Å². The van der Waals surface area contributed by atoms with Gasteiger partial charge in [0.05, 0.1) is 0 Å². The van der Waals surface area contributed by atoms with Gasteiger partial charge >= 0.3 is 5.97 Å². The van der Waals surface area contributed by atoms with Crippen molar-refractivity contribution in [3.63, 3.8) is 0 Å². The Bertz CT molecular complexity index is 891. The average Bonchev–Trinajstić information content (AvgIpc) is 3.16. The third-order valence-electron chi connectivity index (χ3n) is 13.8. The third kappa shape index (κ3) is 3.28. The summed E-state index contributed by atoms with van der Waals surface area (Å²) in [6.45, 7) is 21.3. The molecule has 5 saturated carbocycles. The fourth-order valence-corrected chi connectivity index (χ4v) is 11.9. The molecule has 0 saturated heterocycles. The lowest BCUT2D eigenvalue weighted by Gasteiger charge is -2.73. The molecular formula is C32H52O3. The number of hydrogen-bond acceptors (Lipinski definition) is 3. The largest absolute Gasteiger partial charge is 0.462 e. The lowest BCUT2D eigenvalue weighted by Crippen LogP contribution is -2.67. The van der Waals surface area contributed by atoms with Crippen molar-refractivity contribution in [3.8, 4) is 0 Å². The molecule has 5 aliphatic carbocycles. The first-order valence-corrected chi connectivity index (χ1v) is 14.7. The number of aliphatic hydroxyl groups excluding tert-OH is 1. The predicted octanol–water partition coefficient (Wildman–Crippen LogP) is 7.57. The van der Waals surface area contributed by atoms with Crippen LogP contribution in [0.15, 0.2) is 12.2 Å². The molecule has 10 atom stereocenters. The van der Waals surface area contributed by atoms with Gasteiger partial charge in [-0.05, 0) is 122 Å². The van der Waals surface area contributed by atoms with E-state index in [1.54, 1.807) is 6.92 Å². The molecule has 3 nitrogen and oxygen atoms in total. The van der Waals surface area contributed by atoms with E-state index in [2.05, 4.69) is 48.1 Å². The SMILES string of the molecule is C=C(C)[C@H]1CC[C@@]2(CO)CC[C@]3(C)[C@H](CC[C@H]4[C@@]5(C)CC[C@H](OC(C)=O)C(C)(C)[C@H]5CC[C@@]43C)[C@@H]12. The van der Waals surface area contributed by atoms with E-state index in [1.165, 1.54) is 63.4 Å². The molecule has 5 aliphatic rings. The number of fused-ring (bicyclic) bond motifs is 7. The minimum absolute atomic E-state index is 0.0207. The number of aliphatic hydroxyl groups is 1. The molecule has 0 aromatic carbocycles. The second kappa shape index (κ2) is 8.08. The predicted molar refractivity (Wildman–Crippen MR) is 142 cm³/mol. The standard InChI is InChI=1S/C32H52O3/c1-20(2)22-11-16-32(19-33)18-17-30(7)23(27(22)32)9-10-25-29(6)14-13-26(35-21(3)34)28(4,5)24(29)12-15-31(25,30)8/h22-27,33H,1,9-19H2,2-8H3/t22-,23-,24-,25+,26+,27-,29+,30-,31+,32+/m1/s1. The van der Waals surface area contributed by atoms with Gasteiger partial charge in [-0.2, -0.15) is 0 Å². The molecule has 0 bridgehead atoms. The molecule has 0 aliphatic heterocycles. The van der Waals surface area contributed by atoms with Crippen molar-refractivity contribution < 1.29 is 14.6 Å². The van der Waals surface area contributed by atoms with E-state index >= 15 is 0 Å². The number of ether oxygens (including phenoxy) is 1. The summed E-state index contributed by atoms with van der Waals surface area (Å²) in [6, 6.07) is 0. The molecule has 0 spiro atoms. The van der Waals surface area contributed by atoms with Gasteiger partial charge in [-0.3, -0.25) is 4.79 Å². The van der Waals surface area contributed by atoms with E-state index in [-0.39, 0.29) is 22.9 Å². The van der Waals surface area contributed by atoms with Gasteiger partial charge in [0.25, 0.3) is 0 Å². The first-order valence-electron chi connectivity index (χ1n) is 14.7. The minimum Gasteiger partial charge on any atom is -0.462 e. The average molecular weight is 485 g/mol. The van der Waals surface area contributed by atoms with E-state index in [4.69, 9.17) is 4.74 Å². The highest BCUT2D eigenvalue weighted by molar-refractivity contribution is 5.66. The Kier molecular flexibility index (Phi) is 5.96. The molecule has 5 fully saturated rings. The number of esters is 1. The Balaban J connectivity index is 1.51. The number of hydrogen-bond donors (Lipinski definition) is 1. The highest BCUT2D eigenvalue weighted by atomic mass is 16.5. The quantitative estimate of drug-likeness (QED) is 0.332. The van der Waals surface area contributed by atoms with Gasteiger partial charge in [-0.1, -0.05) is 46.8 Å². The van der Waals surface area contributed by atoms with Crippen molar-refractivity contribution in [1.82, 2.24) is 0 Å². The first-order chi connectivity index (χ1) is 16.3. The summed E-state index contributed by atoms with van der Waals surface area (Å²) >= 11 is 0. The zero-order valence-electron chi connectivity index (χ0n) is 23.7. The van der Waals surface area contributed by atoms with E-state index < -0.39 is 0 Å². The van der Waals surface area contributed by atoms with Gasteiger partial charge in [-0.15, -0.1) is 0 Å². The maximum Gasteiger partial charge on any atom is 0.302 e. The lowest BCUT2D eigenvalue weighted by atomic mass is 9.32. The van der Waals surface area contributed by atoms with Crippen LogP contribution in [0.3, 0.4) is 0 Å². The van der Waals surface area contributed by atoms with Crippen LogP contribution >= 0.6 is 0 Å². The summed E-state index contributed by atoms with van der Waals surface area (Å²) < 4.78 is 5.90. The number of carbonyl (C=O) groups is 1. The molecule has 0 heterocycles. The second-order valence-electron chi connectivity index (χ2n) is 15.2. The van der Waals surface area contributed by atoms with Crippen molar-refractivity contribution >= 4 is 5.97 Å². The van der Waals surface area contributed by atoms with E-state index in [9.17, 15) is 9.90 Å². The maximum atomic E-state index is 11.9. The summed E-state index contributed by atoms with van der Waals surface area (Å²) in [5.41, 5.74) is 2.45. The van der Waals surface area contributed by atoms with Crippen molar-refractivity contribution in [2.45, 2.75) is 119 Å². The molecule has 0 amide bonds. The molecule has 0 radical (unpaired) electrons. The fraction of sp³-hybridized carbons (Fsp3) is 0.906. The van der Waals surface area contributed by atoms with Crippen LogP contribution in [0, 0.1) is 56.7 Å². The molecule has 198 valence electrons. The lowest BCUT2D eigenvalue weighted by molar-refractivity contribution is -0.251. The smallest absolute Gasteiger partial charge is 0.302 e. The molecule has 5 rings (SSSR count). The van der Waals surface area contributed by atoms with Crippen LogP contribution in [0.25, 0.3) is 0 Å². The highest BCUT2D eigenvalue weighted by Crippen LogP contribution is 2.77. The summed E-state index contributed by atoms with van der Waals surface area (Å²) in [6.07, 6.45) is 12.2. The molecule has 35 heavy (non-hydrogen) atoms.